The fraction of sp³-hybridized carbons (Fsp3) is 0.400. The van der Waals surface area contributed by atoms with Crippen LogP contribution in [0.15, 0.2) is 22.7 Å². The number of nitrogens with one attached hydrogen (secondary N) is 1. The van der Waals surface area contributed by atoms with Crippen LogP contribution >= 0.6 is 15.9 Å². The second-order valence-electron chi connectivity index (χ2n) is 3.60. The second kappa shape index (κ2) is 5.16. The minimum absolute atomic E-state index is 0.400. The molecular formula is C10H14BrNO3S. The van der Waals surface area contributed by atoms with Crippen LogP contribution in [0, 0.1) is 6.92 Å². The number of hydrogen-bond acceptors (Lipinski definition) is 3. The maximum atomic E-state index is 11.6. The predicted octanol–water partition coefficient (Wildman–Crippen LogP) is 1.88. The van der Waals surface area contributed by atoms with Gasteiger partial charge >= 0.3 is 0 Å². The highest BCUT2D eigenvalue weighted by atomic mass is 79.9. The van der Waals surface area contributed by atoms with Gasteiger partial charge in [0.05, 0.1) is 6.61 Å². The van der Waals surface area contributed by atoms with Crippen molar-refractivity contribution in [1.29, 1.82) is 0 Å². The lowest BCUT2D eigenvalue weighted by Gasteiger charge is -2.13. The molecule has 0 heterocycles. The third kappa shape index (κ3) is 3.20. The lowest BCUT2D eigenvalue weighted by molar-refractivity contribution is 0.296. The average Bonchev–Trinajstić information content (AvgIpc) is 2.22. The highest BCUT2D eigenvalue weighted by molar-refractivity contribution is 9.10. The summed E-state index contributed by atoms with van der Waals surface area (Å²) in [5, 5.41) is 7.99. The highest BCUT2D eigenvalue weighted by Crippen LogP contribution is 2.21. The Balaban J connectivity index is 2.93. The number of aryl methyl sites for hydroxylation is 1. The molecule has 0 spiro atoms. The van der Waals surface area contributed by atoms with E-state index in [4.69, 9.17) is 5.11 Å². The number of rotatable bonds is 4. The zero-order chi connectivity index (χ0) is 12.3. The lowest BCUT2D eigenvalue weighted by atomic mass is 10.2. The fourth-order valence-electron chi connectivity index (χ4n) is 1.02. The number of aliphatic hydroxyl groups excluding tert-OH is 1. The Labute approximate surface area is 104 Å². The maximum Gasteiger partial charge on any atom is 0.237 e. The number of aliphatic hydroxyl groups is 1. The van der Waals surface area contributed by atoms with Crippen molar-refractivity contribution in [2.75, 3.05) is 11.3 Å². The average molecular weight is 308 g/mol. The summed E-state index contributed by atoms with van der Waals surface area (Å²) in [6.07, 6.45) is 0. The van der Waals surface area contributed by atoms with Crippen molar-refractivity contribution in [3.63, 3.8) is 0 Å². The zero-order valence-corrected chi connectivity index (χ0v) is 11.5. The molecule has 1 aromatic rings. The fourth-order valence-corrected chi connectivity index (χ4v) is 2.25. The molecule has 2 N–H and O–H groups in total. The Bertz CT molecular complexity index is 473. The quantitative estimate of drug-likeness (QED) is 0.892. The van der Waals surface area contributed by atoms with Crippen LogP contribution in [-0.2, 0) is 10.0 Å². The van der Waals surface area contributed by atoms with Gasteiger partial charge in [0.15, 0.2) is 0 Å². The van der Waals surface area contributed by atoms with E-state index < -0.39 is 21.9 Å². The number of halogens is 1. The van der Waals surface area contributed by atoms with E-state index in [1.54, 1.807) is 12.1 Å². The molecule has 0 radical (unpaired) electrons. The first-order valence-electron chi connectivity index (χ1n) is 4.75. The maximum absolute atomic E-state index is 11.6. The molecule has 1 atom stereocenters. The third-order valence-electron chi connectivity index (χ3n) is 2.22. The standard InChI is InChI=1S/C10H14BrNO3S/c1-7-3-4-9(5-10(7)11)12-16(14,15)8(2)6-13/h3-5,8,12-13H,6H2,1-2H3. The molecular weight excluding hydrogens is 294 g/mol. The van der Waals surface area contributed by atoms with Crippen LogP contribution in [0.5, 0.6) is 0 Å². The van der Waals surface area contributed by atoms with E-state index in [9.17, 15) is 8.42 Å². The van der Waals surface area contributed by atoms with Crippen LogP contribution < -0.4 is 4.72 Å². The topological polar surface area (TPSA) is 66.4 Å². The zero-order valence-electron chi connectivity index (χ0n) is 9.07. The number of hydrogen-bond donors (Lipinski definition) is 2. The summed E-state index contributed by atoms with van der Waals surface area (Å²) in [4.78, 5) is 0. The summed E-state index contributed by atoms with van der Waals surface area (Å²) >= 11 is 3.32. The first-order valence-corrected chi connectivity index (χ1v) is 7.09. The van der Waals surface area contributed by atoms with E-state index in [1.165, 1.54) is 6.92 Å². The molecule has 6 heteroatoms. The van der Waals surface area contributed by atoms with Crippen molar-refractivity contribution in [3.8, 4) is 0 Å². The third-order valence-corrected chi connectivity index (χ3v) is 4.80. The van der Waals surface area contributed by atoms with Gasteiger partial charge in [-0.15, -0.1) is 0 Å². The predicted molar refractivity (Wildman–Crippen MR) is 68.0 cm³/mol. The molecule has 0 aliphatic rings. The summed E-state index contributed by atoms with van der Waals surface area (Å²) in [6, 6.07) is 5.18. The smallest absolute Gasteiger partial charge is 0.237 e. The van der Waals surface area contributed by atoms with Gasteiger partial charge in [0, 0.05) is 10.2 Å². The van der Waals surface area contributed by atoms with Crippen molar-refractivity contribution in [2.24, 2.45) is 0 Å². The summed E-state index contributed by atoms with van der Waals surface area (Å²) in [5.74, 6) is 0. The second-order valence-corrected chi connectivity index (χ2v) is 6.56. The normalized spacial score (nSPS) is 13.5. The van der Waals surface area contributed by atoms with Crippen LogP contribution in [0.3, 0.4) is 0 Å². The Morgan fingerprint density at radius 2 is 2.12 bits per heavy atom. The molecule has 1 aromatic carbocycles. The lowest BCUT2D eigenvalue weighted by Crippen LogP contribution is -2.28. The van der Waals surface area contributed by atoms with Crippen molar-refractivity contribution >= 4 is 31.6 Å². The van der Waals surface area contributed by atoms with Crippen molar-refractivity contribution in [1.82, 2.24) is 0 Å². The number of anilines is 1. The van der Waals surface area contributed by atoms with E-state index in [0.29, 0.717) is 5.69 Å². The molecule has 0 bridgehead atoms. The van der Waals surface area contributed by atoms with Gasteiger partial charge in [-0.05, 0) is 31.5 Å². The largest absolute Gasteiger partial charge is 0.395 e. The van der Waals surface area contributed by atoms with Crippen LogP contribution in [0.4, 0.5) is 5.69 Å². The van der Waals surface area contributed by atoms with Gasteiger partial charge in [-0.25, -0.2) is 8.42 Å². The SMILES string of the molecule is Cc1ccc(NS(=O)(=O)C(C)CO)cc1Br. The van der Waals surface area contributed by atoms with Crippen LogP contribution in [-0.4, -0.2) is 25.4 Å². The van der Waals surface area contributed by atoms with Gasteiger partial charge in [-0.2, -0.15) is 0 Å². The molecule has 4 nitrogen and oxygen atoms in total. The van der Waals surface area contributed by atoms with Crippen molar-refractivity contribution in [3.05, 3.63) is 28.2 Å². The Hall–Kier alpha value is -0.590. The molecule has 0 aliphatic heterocycles. The Morgan fingerprint density at radius 3 is 2.62 bits per heavy atom. The molecule has 1 rings (SSSR count). The number of sulfonamides is 1. The van der Waals surface area contributed by atoms with Crippen molar-refractivity contribution in [2.45, 2.75) is 19.1 Å². The summed E-state index contributed by atoms with van der Waals surface area (Å²) in [7, 11) is -3.51. The highest BCUT2D eigenvalue weighted by Gasteiger charge is 2.19. The van der Waals surface area contributed by atoms with E-state index in [-0.39, 0.29) is 0 Å². The number of benzene rings is 1. The summed E-state index contributed by atoms with van der Waals surface area (Å²) < 4.78 is 26.5. The van der Waals surface area contributed by atoms with Gasteiger partial charge in [-0.1, -0.05) is 22.0 Å². The molecule has 0 aliphatic carbocycles. The van der Waals surface area contributed by atoms with Crippen LogP contribution in [0.1, 0.15) is 12.5 Å². The molecule has 16 heavy (non-hydrogen) atoms. The molecule has 1 unspecified atom stereocenters. The van der Waals surface area contributed by atoms with E-state index in [0.717, 1.165) is 10.0 Å². The summed E-state index contributed by atoms with van der Waals surface area (Å²) in [5.41, 5.74) is 1.51. The van der Waals surface area contributed by atoms with E-state index >= 15 is 0 Å². The minimum atomic E-state index is -3.51. The van der Waals surface area contributed by atoms with Crippen LogP contribution in [0.25, 0.3) is 0 Å². The molecule has 0 amide bonds. The minimum Gasteiger partial charge on any atom is -0.395 e. The Kier molecular flexibility index (Phi) is 4.35. The first kappa shape index (κ1) is 13.5. The van der Waals surface area contributed by atoms with Gasteiger partial charge in [-0.3, -0.25) is 4.72 Å². The molecule has 90 valence electrons. The van der Waals surface area contributed by atoms with Gasteiger partial charge < -0.3 is 5.11 Å². The van der Waals surface area contributed by atoms with E-state index in [2.05, 4.69) is 20.7 Å². The molecule has 0 saturated carbocycles. The van der Waals surface area contributed by atoms with Crippen LogP contribution in [0.2, 0.25) is 0 Å². The van der Waals surface area contributed by atoms with Gasteiger partial charge in [0.1, 0.15) is 5.25 Å². The molecule has 0 fully saturated rings. The molecule has 0 saturated heterocycles. The summed E-state index contributed by atoms with van der Waals surface area (Å²) in [6.45, 7) is 2.96. The van der Waals surface area contributed by atoms with Gasteiger partial charge in [0.25, 0.3) is 0 Å². The van der Waals surface area contributed by atoms with Crippen molar-refractivity contribution < 1.29 is 13.5 Å². The monoisotopic (exact) mass is 307 g/mol. The van der Waals surface area contributed by atoms with E-state index in [1.807, 2.05) is 13.0 Å². The Morgan fingerprint density at radius 1 is 1.50 bits per heavy atom. The first-order chi connectivity index (χ1) is 7.36. The molecule has 0 aromatic heterocycles. The van der Waals surface area contributed by atoms with Gasteiger partial charge in [0.2, 0.25) is 10.0 Å².